The van der Waals surface area contributed by atoms with Crippen molar-refractivity contribution in [1.82, 2.24) is 0 Å². The first-order valence-corrected chi connectivity index (χ1v) is 18.0. The topological polar surface area (TPSA) is 119 Å². The molecular formula is C32H61O8P. The third-order valence-corrected chi connectivity index (χ3v) is 7.52. The number of hydrogen-bond donors (Lipinski definition) is 2. The number of ether oxygens (including phenoxy) is 2. The molecule has 1 unspecified atom stereocenters. The molecule has 242 valence electrons. The maximum absolute atomic E-state index is 12.3. The van der Waals surface area contributed by atoms with E-state index in [-0.39, 0.29) is 19.4 Å². The third kappa shape index (κ3) is 31.6. The van der Waals surface area contributed by atoms with Crippen molar-refractivity contribution < 1.29 is 37.9 Å². The van der Waals surface area contributed by atoms with Gasteiger partial charge in [-0.3, -0.25) is 14.1 Å². The van der Waals surface area contributed by atoms with Crippen LogP contribution in [-0.4, -0.2) is 41.0 Å². The molecule has 0 fully saturated rings. The average molecular weight is 605 g/mol. The van der Waals surface area contributed by atoms with Gasteiger partial charge in [-0.15, -0.1) is 0 Å². The Morgan fingerprint density at radius 3 is 1.49 bits per heavy atom. The molecule has 9 heteroatoms. The van der Waals surface area contributed by atoms with E-state index in [0.717, 1.165) is 51.4 Å². The lowest BCUT2D eigenvalue weighted by molar-refractivity contribution is -0.161. The van der Waals surface area contributed by atoms with Gasteiger partial charge in [0.05, 0.1) is 6.61 Å². The highest BCUT2D eigenvalue weighted by molar-refractivity contribution is 7.46. The summed E-state index contributed by atoms with van der Waals surface area (Å²) in [5.41, 5.74) is 0. The summed E-state index contributed by atoms with van der Waals surface area (Å²) in [6, 6.07) is 0. The van der Waals surface area contributed by atoms with Gasteiger partial charge < -0.3 is 19.3 Å². The Balaban J connectivity index is 4.02. The van der Waals surface area contributed by atoms with Crippen LogP contribution in [0.2, 0.25) is 0 Å². The van der Waals surface area contributed by atoms with Crippen molar-refractivity contribution in [3.05, 3.63) is 12.2 Å². The second kappa shape index (κ2) is 28.9. The SMILES string of the molecule is CCCCCCC/C=C\CCCCCCCC(=O)OC(COC(=O)CCCCCCCCCCC)COP(=O)(O)O. The van der Waals surface area contributed by atoms with Crippen molar-refractivity contribution in [3.63, 3.8) is 0 Å². The number of carbonyl (C=O) groups is 2. The molecule has 0 aliphatic carbocycles. The zero-order chi connectivity index (χ0) is 30.4. The van der Waals surface area contributed by atoms with Crippen LogP contribution in [0, 0.1) is 0 Å². The number of phosphoric ester groups is 1. The standard InChI is InChI=1S/C32H61O8P/c1-3-5-7-9-11-13-14-15-16-17-19-21-23-25-27-32(34)40-30(29-39-41(35,36)37)28-38-31(33)26-24-22-20-18-12-10-8-6-4-2/h14-15,30H,3-13,16-29H2,1-2H3,(H2,35,36,37)/b15-14-. The van der Waals surface area contributed by atoms with Gasteiger partial charge in [0, 0.05) is 12.8 Å². The van der Waals surface area contributed by atoms with Crippen molar-refractivity contribution in [3.8, 4) is 0 Å². The molecule has 0 aliphatic heterocycles. The molecule has 0 aromatic rings. The second-order valence-electron chi connectivity index (χ2n) is 11.1. The molecule has 0 radical (unpaired) electrons. The molecule has 0 bridgehead atoms. The van der Waals surface area contributed by atoms with Gasteiger partial charge in [-0.1, -0.05) is 122 Å². The molecule has 0 rings (SSSR count). The fourth-order valence-electron chi connectivity index (χ4n) is 4.54. The number of unbranched alkanes of at least 4 members (excludes halogenated alkanes) is 18. The second-order valence-corrected chi connectivity index (χ2v) is 12.4. The summed E-state index contributed by atoms with van der Waals surface area (Å²) in [6.45, 7) is 3.62. The van der Waals surface area contributed by atoms with E-state index in [1.807, 2.05) is 0 Å². The molecule has 0 aromatic carbocycles. The Morgan fingerprint density at radius 1 is 0.610 bits per heavy atom. The maximum Gasteiger partial charge on any atom is 0.469 e. The smallest absolute Gasteiger partial charge is 0.462 e. The van der Waals surface area contributed by atoms with Crippen LogP contribution in [0.25, 0.3) is 0 Å². The summed E-state index contributed by atoms with van der Waals surface area (Å²) in [4.78, 5) is 42.4. The highest BCUT2D eigenvalue weighted by atomic mass is 31.2. The Labute approximate surface area is 250 Å². The lowest BCUT2D eigenvalue weighted by Gasteiger charge is -2.18. The molecule has 1 atom stereocenters. The van der Waals surface area contributed by atoms with Gasteiger partial charge in [-0.25, -0.2) is 4.57 Å². The summed E-state index contributed by atoms with van der Waals surface area (Å²) in [7, 11) is -4.74. The lowest BCUT2D eigenvalue weighted by Crippen LogP contribution is -2.29. The fourth-order valence-corrected chi connectivity index (χ4v) is 4.90. The zero-order valence-electron chi connectivity index (χ0n) is 26.2. The highest BCUT2D eigenvalue weighted by Gasteiger charge is 2.22. The molecule has 0 heterocycles. The van der Waals surface area contributed by atoms with Gasteiger partial charge in [0.25, 0.3) is 0 Å². The molecule has 0 aliphatic rings. The fraction of sp³-hybridized carbons (Fsp3) is 0.875. The van der Waals surface area contributed by atoms with Gasteiger partial charge in [0.2, 0.25) is 0 Å². The largest absolute Gasteiger partial charge is 0.469 e. The Bertz CT molecular complexity index is 691. The Kier molecular flexibility index (Phi) is 28.0. The normalized spacial score (nSPS) is 12.6. The predicted molar refractivity (Wildman–Crippen MR) is 166 cm³/mol. The first kappa shape index (κ1) is 39.8. The highest BCUT2D eigenvalue weighted by Crippen LogP contribution is 2.35. The van der Waals surface area contributed by atoms with E-state index in [9.17, 15) is 14.2 Å². The summed E-state index contributed by atoms with van der Waals surface area (Å²) >= 11 is 0. The van der Waals surface area contributed by atoms with Gasteiger partial charge in [-0.05, 0) is 38.5 Å². The first-order valence-electron chi connectivity index (χ1n) is 16.5. The monoisotopic (exact) mass is 604 g/mol. The van der Waals surface area contributed by atoms with Crippen LogP contribution in [0.3, 0.4) is 0 Å². The van der Waals surface area contributed by atoms with Gasteiger partial charge in [-0.2, -0.15) is 0 Å². The molecule has 0 saturated carbocycles. The van der Waals surface area contributed by atoms with E-state index in [4.69, 9.17) is 19.3 Å². The van der Waals surface area contributed by atoms with Crippen LogP contribution >= 0.6 is 7.82 Å². The van der Waals surface area contributed by atoms with Gasteiger partial charge in [0.15, 0.2) is 6.10 Å². The van der Waals surface area contributed by atoms with Gasteiger partial charge >= 0.3 is 19.8 Å². The van der Waals surface area contributed by atoms with E-state index in [0.29, 0.717) is 6.42 Å². The molecule has 0 saturated heterocycles. The molecule has 0 spiro atoms. The molecule has 8 nitrogen and oxygen atoms in total. The third-order valence-electron chi connectivity index (χ3n) is 7.03. The molecule has 41 heavy (non-hydrogen) atoms. The summed E-state index contributed by atoms with van der Waals surface area (Å²) in [6.07, 6.45) is 28.0. The summed E-state index contributed by atoms with van der Waals surface area (Å²) in [5.74, 6) is -0.895. The van der Waals surface area contributed by atoms with E-state index in [2.05, 4.69) is 30.5 Å². The minimum atomic E-state index is -4.74. The minimum absolute atomic E-state index is 0.205. The average Bonchev–Trinajstić information content (AvgIpc) is 2.93. The number of esters is 2. The predicted octanol–water partition coefficient (Wildman–Crippen LogP) is 9.12. The van der Waals surface area contributed by atoms with Crippen molar-refractivity contribution in [2.75, 3.05) is 13.2 Å². The van der Waals surface area contributed by atoms with Gasteiger partial charge in [0.1, 0.15) is 6.61 Å². The first-order chi connectivity index (χ1) is 19.8. The number of hydrogen-bond acceptors (Lipinski definition) is 6. The maximum atomic E-state index is 12.3. The number of carbonyl (C=O) groups excluding carboxylic acids is 2. The van der Waals surface area contributed by atoms with Crippen LogP contribution in [0.4, 0.5) is 0 Å². The van der Waals surface area contributed by atoms with Crippen molar-refractivity contribution in [2.24, 2.45) is 0 Å². The van der Waals surface area contributed by atoms with Crippen molar-refractivity contribution >= 4 is 19.8 Å². The van der Waals surface area contributed by atoms with E-state index >= 15 is 0 Å². The van der Waals surface area contributed by atoms with E-state index < -0.39 is 32.5 Å². The van der Waals surface area contributed by atoms with E-state index in [1.54, 1.807) is 0 Å². The Hall–Kier alpha value is -1.21. The van der Waals surface area contributed by atoms with Crippen LogP contribution in [0.15, 0.2) is 12.2 Å². The van der Waals surface area contributed by atoms with Crippen LogP contribution in [0.1, 0.15) is 162 Å². The molecule has 0 aromatic heterocycles. The molecular weight excluding hydrogens is 543 g/mol. The Morgan fingerprint density at radius 2 is 1.02 bits per heavy atom. The van der Waals surface area contributed by atoms with Crippen molar-refractivity contribution in [1.29, 1.82) is 0 Å². The minimum Gasteiger partial charge on any atom is -0.462 e. The number of rotatable bonds is 30. The number of allylic oxidation sites excluding steroid dienone is 2. The van der Waals surface area contributed by atoms with Crippen LogP contribution in [0.5, 0.6) is 0 Å². The van der Waals surface area contributed by atoms with Crippen LogP contribution < -0.4 is 0 Å². The zero-order valence-corrected chi connectivity index (χ0v) is 27.1. The molecule has 0 amide bonds. The summed E-state index contributed by atoms with van der Waals surface area (Å²) < 4.78 is 26.1. The quantitative estimate of drug-likeness (QED) is 0.0360. The van der Waals surface area contributed by atoms with Crippen molar-refractivity contribution in [2.45, 2.75) is 168 Å². The van der Waals surface area contributed by atoms with Crippen LogP contribution in [-0.2, 0) is 28.2 Å². The summed E-state index contributed by atoms with van der Waals surface area (Å²) in [5, 5.41) is 0. The lowest BCUT2D eigenvalue weighted by atomic mass is 10.1. The van der Waals surface area contributed by atoms with E-state index in [1.165, 1.54) is 77.0 Å². The molecule has 2 N–H and O–H groups in total. The number of phosphoric acid groups is 1.